The first-order valence-electron chi connectivity index (χ1n) is 10.6. The molecule has 0 aromatic heterocycles. The Morgan fingerprint density at radius 2 is 1.29 bits per heavy atom. The Labute approximate surface area is 170 Å². The van der Waals surface area contributed by atoms with Crippen molar-refractivity contribution in [1.82, 2.24) is 0 Å². The maximum Gasteiger partial charge on any atom is 0.379 e. The molecule has 0 heterocycles. The van der Waals surface area contributed by atoms with Crippen molar-refractivity contribution in [1.29, 1.82) is 0 Å². The summed E-state index contributed by atoms with van der Waals surface area (Å²) < 4.78 is 0. The van der Waals surface area contributed by atoms with Gasteiger partial charge in [0.15, 0.2) is 0 Å². The van der Waals surface area contributed by atoms with Crippen molar-refractivity contribution in [2.24, 2.45) is 0 Å². The molecule has 0 saturated heterocycles. The molecule has 0 amide bonds. The lowest BCUT2D eigenvalue weighted by atomic mass is 10.1. The van der Waals surface area contributed by atoms with Crippen LogP contribution in [0.4, 0.5) is 0 Å². The summed E-state index contributed by atoms with van der Waals surface area (Å²) in [5.74, 6) is -1.34. The minimum atomic E-state index is -1.46. The van der Waals surface area contributed by atoms with Crippen molar-refractivity contribution in [3.63, 3.8) is 0 Å². The van der Waals surface area contributed by atoms with Gasteiger partial charge in [-0.3, -0.25) is 10.1 Å². The van der Waals surface area contributed by atoms with Crippen LogP contribution >= 0.6 is 0 Å². The van der Waals surface area contributed by atoms with E-state index in [-0.39, 0.29) is 6.42 Å². The van der Waals surface area contributed by atoms with Crippen molar-refractivity contribution in [2.45, 2.75) is 90.0 Å². The fourth-order valence-electron chi connectivity index (χ4n) is 2.66. The topological polar surface area (TPSA) is 80.4 Å². The van der Waals surface area contributed by atoms with Crippen molar-refractivity contribution < 1.29 is 14.8 Å². The summed E-state index contributed by atoms with van der Waals surface area (Å²) in [5, 5.41) is 19.3. The molecule has 1 N–H and O–H groups in total. The van der Waals surface area contributed by atoms with E-state index in [2.05, 4.69) is 55.5 Å². The lowest BCUT2D eigenvalue weighted by Crippen LogP contribution is -2.28. The first-order chi connectivity index (χ1) is 13.6. The van der Waals surface area contributed by atoms with Crippen LogP contribution in [0.5, 0.6) is 0 Å². The van der Waals surface area contributed by atoms with Gasteiger partial charge >= 0.3 is 12.0 Å². The van der Waals surface area contributed by atoms with Gasteiger partial charge in [-0.2, -0.15) is 0 Å². The zero-order valence-corrected chi connectivity index (χ0v) is 17.3. The fourth-order valence-corrected chi connectivity index (χ4v) is 2.66. The molecular formula is C23H37NO4. The SMILES string of the molecule is CCCCC/C=C/C/C=C/C/C=C/C/C=C/CCCCCC(C(=O)O)[N+](=O)[O-]. The Hall–Kier alpha value is -2.17. The molecule has 5 heteroatoms. The Bertz CT molecular complexity index is 507. The fraction of sp³-hybridized carbons (Fsp3) is 0.609. The van der Waals surface area contributed by atoms with Gasteiger partial charge in [0.05, 0.1) is 0 Å². The number of nitrogens with zero attached hydrogens (tertiary/aromatic N) is 1. The van der Waals surface area contributed by atoms with Gasteiger partial charge in [-0.15, -0.1) is 0 Å². The molecule has 0 aliphatic rings. The van der Waals surface area contributed by atoms with E-state index < -0.39 is 16.9 Å². The minimum absolute atomic E-state index is 0.108. The Balaban J connectivity index is 3.55. The van der Waals surface area contributed by atoms with Gasteiger partial charge in [0.2, 0.25) is 0 Å². The number of hydrogen-bond acceptors (Lipinski definition) is 3. The smallest absolute Gasteiger partial charge is 0.379 e. The van der Waals surface area contributed by atoms with E-state index in [9.17, 15) is 14.9 Å². The van der Waals surface area contributed by atoms with Gasteiger partial charge in [-0.05, 0) is 51.4 Å². The van der Waals surface area contributed by atoms with Crippen LogP contribution in [0.2, 0.25) is 0 Å². The molecule has 5 nitrogen and oxygen atoms in total. The number of carbonyl (C=O) groups is 1. The summed E-state index contributed by atoms with van der Waals surface area (Å²) in [6.45, 7) is 2.22. The quantitative estimate of drug-likeness (QED) is 0.123. The molecule has 1 atom stereocenters. The molecule has 0 bridgehead atoms. The number of nitro groups is 1. The molecule has 0 aliphatic heterocycles. The van der Waals surface area contributed by atoms with Crippen LogP contribution in [0, 0.1) is 10.1 Å². The third-order valence-corrected chi connectivity index (χ3v) is 4.35. The van der Waals surface area contributed by atoms with E-state index in [0.717, 1.165) is 38.5 Å². The summed E-state index contributed by atoms with van der Waals surface area (Å²) in [6.07, 6.45) is 28.7. The first kappa shape index (κ1) is 25.8. The molecule has 0 rings (SSSR count). The van der Waals surface area contributed by atoms with Gasteiger partial charge in [0, 0.05) is 11.3 Å². The average Bonchev–Trinajstić information content (AvgIpc) is 2.65. The predicted octanol–water partition coefficient (Wildman–Crippen LogP) is 6.64. The minimum Gasteiger partial charge on any atom is -0.476 e. The molecule has 0 aromatic rings. The average molecular weight is 392 g/mol. The molecule has 0 spiro atoms. The third kappa shape index (κ3) is 17.3. The number of carboxylic acid groups (broad SMARTS) is 1. The van der Waals surface area contributed by atoms with E-state index >= 15 is 0 Å². The second kappa shape index (κ2) is 19.6. The summed E-state index contributed by atoms with van der Waals surface area (Å²) in [6, 6.07) is -1.46. The van der Waals surface area contributed by atoms with Crippen LogP contribution in [0.1, 0.15) is 84.0 Å². The normalized spacial score (nSPS) is 13.3. The molecule has 0 aliphatic carbocycles. The Morgan fingerprint density at radius 3 is 1.71 bits per heavy atom. The summed E-state index contributed by atoms with van der Waals surface area (Å²) in [4.78, 5) is 20.5. The predicted molar refractivity (Wildman–Crippen MR) is 116 cm³/mol. The number of carboxylic acids is 1. The van der Waals surface area contributed by atoms with Crippen LogP contribution < -0.4 is 0 Å². The second-order valence-electron chi connectivity index (χ2n) is 6.87. The number of aliphatic carboxylic acids is 1. The van der Waals surface area contributed by atoms with Crippen LogP contribution in [0.25, 0.3) is 0 Å². The zero-order chi connectivity index (χ0) is 20.9. The molecule has 0 aromatic carbocycles. The molecule has 0 saturated carbocycles. The highest BCUT2D eigenvalue weighted by molar-refractivity contribution is 5.71. The van der Waals surface area contributed by atoms with Gasteiger partial charge < -0.3 is 5.11 Å². The highest BCUT2D eigenvalue weighted by Gasteiger charge is 2.27. The summed E-state index contributed by atoms with van der Waals surface area (Å²) in [7, 11) is 0. The van der Waals surface area contributed by atoms with Crippen LogP contribution in [0.3, 0.4) is 0 Å². The largest absolute Gasteiger partial charge is 0.476 e. The van der Waals surface area contributed by atoms with Gasteiger partial charge in [0.25, 0.3) is 0 Å². The molecular weight excluding hydrogens is 354 g/mol. The van der Waals surface area contributed by atoms with Crippen LogP contribution in [-0.2, 0) is 4.79 Å². The van der Waals surface area contributed by atoms with E-state index in [4.69, 9.17) is 5.11 Å². The lowest BCUT2D eigenvalue weighted by Gasteiger charge is -2.03. The van der Waals surface area contributed by atoms with Crippen LogP contribution in [-0.4, -0.2) is 22.0 Å². The number of rotatable bonds is 18. The molecule has 0 radical (unpaired) electrons. The Morgan fingerprint density at radius 1 is 0.821 bits per heavy atom. The number of hydrogen-bond donors (Lipinski definition) is 1. The molecule has 28 heavy (non-hydrogen) atoms. The maximum atomic E-state index is 10.7. The molecule has 1 unspecified atom stereocenters. The van der Waals surface area contributed by atoms with Gasteiger partial charge in [0.1, 0.15) is 0 Å². The molecule has 158 valence electrons. The highest BCUT2D eigenvalue weighted by Crippen LogP contribution is 2.09. The highest BCUT2D eigenvalue weighted by atomic mass is 16.6. The van der Waals surface area contributed by atoms with Crippen molar-refractivity contribution in [3.05, 3.63) is 58.7 Å². The van der Waals surface area contributed by atoms with Crippen LogP contribution in [0.15, 0.2) is 48.6 Å². The first-order valence-corrected chi connectivity index (χ1v) is 10.6. The van der Waals surface area contributed by atoms with Gasteiger partial charge in [-0.1, -0.05) is 74.8 Å². The summed E-state index contributed by atoms with van der Waals surface area (Å²) >= 11 is 0. The number of allylic oxidation sites excluding steroid dienone is 8. The van der Waals surface area contributed by atoms with Gasteiger partial charge in [-0.25, -0.2) is 4.79 Å². The third-order valence-electron chi connectivity index (χ3n) is 4.35. The lowest BCUT2D eigenvalue weighted by molar-refractivity contribution is -0.511. The van der Waals surface area contributed by atoms with Crippen molar-refractivity contribution >= 4 is 5.97 Å². The summed E-state index contributed by atoms with van der Waals surface area (Å²) in [5.41, 5.74) is 0. The standard InChI is InChI=1S/C23H37NO4/c1-2-3-4-5-6-7-8-9-10-11-12-13-14-15-16-17-18-19-20-21-22(23(25)26)24(27)28/h6-7,9-10,12-13,15-16,22H,2-5,8,11,14,17-21H2,1H3,(H,25,26)/b7-6+,10-9+,13-12+,16-15+. The zero-order valence-electron chi connectivity index (χ0n) is 17.3. The maximum absolute atomic E-state index is 10.7. The number of unbranched alkanes of at least 4 members (excludes halogenated alkanes) is 6. The molecule has 0 fully saturated rings. The van der Waals surface area contributed by atoms with Crippen molar-refractivity contribution in [3.8, 4) is 0 Å². The Kier molecular flexibility index (Phi) is 18.1. The van der Waals surface area contributed by atoms with E-state index in [1.165, 1.54) is 25.7 Å². The second-order valence-corrected chi connectivity index (χ2v) is 6.87. The van der Waals surface area contributed by atoms with Crippen molar-refractivity contribution in [2.75, 3.05) is 0 Å². The van der Waals surface area contributed by atoms with E-state index in [1.54, 1.807) is 0 Å². The van der Waals surface area contributed by atoms with E-state index in [1.807, 2.05) is 0 Å². The van der Waals surface area contributed by atoms with E-state index in [0.29, 0.717) is 6.42 Å². The monoisotopic (exact) mass is 391 g/mol.